The van der Waals surface area contributed by atoms with Gasteiger partial charge < -0.3 is 9.84 Å². The fourth-order valence-electron chi connectivity index (χ4n) is 2.52. The lowest BCUT2D eigenvalue weighted by Gasteiger charge is -2.29. The van der Waals surface area contributed by atoms with E-state index in [1.807, 2.05) is 7.05 Å². The van der Waals surface area contributed by atoms with E-state index in [2.05, 4.69) is 36.0 Å². The zero-order valence-corrected chi connectivity index (χ0v) is 15.0. The zero-order chi connectivity index (χ0) is 16.2. The van der Waals surface area contributed by atoms with E-state index < -0.39 is 0 Å². The van der Waals surface area contributed by atoms with Crippen LogP contribution in [0, 0.1) is 0 Å². The number of hydrogen-bond donors (Lipinski definition) is 1. The van der Waals surface area contributed by atoms with Crippen LogP contribution in [-0.4, -0.2) is 72.4 Å². The smallest absolute Gasteiger partial charge is 0.107 e. The molecule has 1 N–H and O–H groups in total. The Labute approximate surface area is 137 Å². The number of nitrogens with zero attached hydrogens (tertiary/aromatic N) is 3. The summed E-state index contributed by atoms with van der Waals surface area (Å²) >= 11 is 1.71. The van der Waals surface area contributed by atoms with Crippen molar-refractivity contribution in [1.82, 2.24) is 14.8 Å². The Hall–Kier alpha value is -0.530. The molecule has 1 aromatic heterocycles. The Morgan fingerprint density at radius 1 is 1.41 bits per heavy atom. The van der Waals surface area contributed by atoms with Gasteiger partial charge in [0.15, 0.2) is 0 Å². The molecular weight excluding hydrogens is 298 g/mol. The second-order valence-corrected chi connectivity index (χ2v) is 8.08. The minimum absolute atomic E-state index is 0.100. The number of likely N-dealkylation sites (N-methyl/N-ethyl adjacent to an activating group) is 1. The Morgan fingerprint density at radius 3 is 2.68 bits per heavy atom. The van der Waals surface area contributed by atoms with Gasteiger partial charge in [-0.25, -0.2) is 4.98 Å². The zero-order valence-electron chi connectivity index (χ0n) is 14.2. The van der Waals surface area contributed by atoms with Crippen LogP contribution in [0.5, 0.6) is 0 Å². The minimum atomic E-state index is -0.329. The maximum Gasteiger partial charge on any atom is 0.107 e. The van der Waals surface area contributed by atoms with Crippen molar-refractivity contribution in [3.63, 3.8) is 0 Å². The molecule has 6 heteroatoms. The Balaban J connectivity index is 1.76. The van der Waals surface area contributed by atoms with Gasteiger partial charge in [0.1, 0.15) is 5.01 Å². The van der Waals surface area contributed by atoms with Gasteiger partial charge in [-0.1, -0.05) is 20.8 Å². The van der Waals surface area contributed by atoms with Crippen molar-refractivity contribution in [2.24, 2.45) is 0 Å². The summed E-state index contributed by atoms with van der Waals surface area (Å²) in [7, 11) is 2.04. The molecule has 1 unspecified atom stereocenters. The van der Waals surface area contributed by atoms with Crippen LogP contribution < -0.4 is 0 Å². The van der Waals surface area contributed by atoms with E-state index in [4.69, 9.17) is 9.72 Å². The largest absolute Gasteiger partial charge is 0.390 e. The topological polar surface area (TPSA) is 48.8 Å². The van der Waals surface area contributed by atoms with Gasteiger partial charge >= 0.3 is 0 Å². The van der Waals surface area contributed by atoms with Crippen LogP contribution in [0.4, 0.5) is 0 Å². The van der Waals surface area contributed by atoms with Crippen molar-refractivity contribution in [2.75, 3.05) is 46.4 Å². The van der Waals surface area contributed by atoms with Crippen LogP contribution >= 0.6 is 11.3 Å². The first kappa shape index (κ1) is 17.8. The third kappa shape index (κ3) is 5.59. The summed E-state index contributed by atoms with van der Waals surface area (Å²) in [5.74, 6) is 0. The van der Waals surface area contributed by atoms with Gasteiger partial charge in [0.25, 0.3) is 0 Å². The average Bonchev–Trinajstić information content (AvgIpc) is 2.87. The number of morpholine rings is 1. The molecule has 1 aromatic rings. The first-order valence-corrected chi connectivity index (χ1v) is 8.84. The summed E-state index contributed by atoms with van der Waals surface area (Å²) < 4.78 is 5.33. The summed E-state index contributed by atoms with van der Waals surface area (Å²) in [4.78, 5) is 9.13. The van der Waals surface area contributed by atoms with E-state index in [-0.39, 0.29) is 11.5 Å². The predicted molar refractivity (Wildman–Crippen MR) is 90.4 cm³/mol. The molecule has 22 heavy (non-hydrogen) atoms. The van der Waals surface area contributed by atoms with Crippen molar-refractivity contribution in [3.05, 3.63) is 16.1 Å². The quantitative estimate of drug-likeness (QED) is 0.859. The maximum absolute atomic E-state index is 10.2. The van der Waals surface area contributed by atoms with E-state index in [9.17, 15) is 5.11 Å². The van der Waals surface area contributed by atoms with Gasteiger partial charge in [0.2, 0.25) is 0 Å². The summed E-state index contributed by atoms with van der Waals surface area (Å²) in [6.07, 6.45) is -0.329. The van der Waals surface area contributed by atoms with Crippen molar-refractivity contribution in [1.29, 1.82) is 0 Å². The van der Waals surface area contributed by atoms with E-state index in [0.717, 1.165) is 50.1 Å². The van der Waals surface area contributed by atoms with E-state index in [1.165, 1.54) is 0 Å². The number of aromatic nitrogens is 1. The SMILES string of the molecule is CN(Cc1nc(C(C)(C)C)cs1)CC(O)CN1CCOCC1. The van der Waals surface area contributed by atoms with Crippen LogP contribution in [-0.2, 0) is 16.7 Å². The van der Waals surface area contributed by atoms with Crippen molar-refractivity contribution in [3.8, 4) is 0 Å². The number of thiazole rings is 1. The van der Waals surface area contributed by atoms with Crippen LogP contribution in [0.1, 0.15) is 31.5 Å². The summed E-state index contributed by atoms with van der Waals surface area (Å²) in [5.41, 5.74) is 1.25. The monoisotopic (exact) mass is 327 g/mol. The molecule has 2 rings (SSSR count). The Morgan fingerprint density at radius 2 is 2.09 bits per heavy atom. The molecule has 0 saturated carbocycles. The number of aliphatic hydroxyl groups is 1. The third-order valence-electron chi connectivity index (χ3n) is 3.82. The summed E-state index contributed by atoms with van der Waals surface area (Å²) in [5, 5.41) is 13.5. The highest BCUT2D eigenvalue weighted by molar-refractivity contribution is 7.09. The molecule has 1 saturated heterocycles. The normalized spacial score (nSPS) is 18.8. The number of aliphatic hydroxyl groups excluding tert-OH is 1. The molecule has 0 aromatic carbocycles. The highest BCUT2D eigenvalue weighted by Gasteiger charge is 2.19. The summed E-state index contributed by atoms with van der Waals surface area (Å²) in [6.45, 7) is 12.1. The highest BCUT2D eigenvalue weighted by atomic mass is 32.1. The molecule has 0 spiro atoms. The molecule has 1 aliphatic heterocycles. The predicted octanol–water partition coefficient (Wildman–Crippen LogP) is 1.57. The van der Waals surface area contributed by atoms with Crippen molar-refractivity contribution in [2.45, 2.75) is 38.8 Å². The van der Waals surface area contributed by atoms with Crippen LogP contribution in [0.3, 0.4) is 0 Å². The van der Waals surface area contributed by atoms with Crippen molar-refractivity contribution >= 4 is 11.3 Å². The second kappa shape index (κ2) is 7.84. The second-order valence-electron chi connectivity index (χ2n) is 7.14. The van der Waals surface area contributed by atoms with E-state index in [1.54, 1.807) is 11.3 Å². The molecule has 0 amide bonds. The fourth-order valence-corrected chi connectivity index (χ4v) is 3.62. The molecule has 126 valence electrons. The molecule has 0 aliphatic carbocycles. The Bertz CT molecular complexity index is 452. The molecule has 2 heterocycles. The fraction of sp³-hybridized carbons (Fsp3) is 0.812. The molecule has 0 radical (unpaired) electrons. The molecule has 0 bridgehead atoms. The van der Waals surface area contributed by atoms with Gasteiger partial charge in [-0.2, -0.15) is 0 Å². The summed E-state index contributed by atoms with van der Waals surface area (Å²) in [6, 6.07) is 0. The lowest BCUT2D eigenvalue weighted by atomic mass is 9.93. The lowest BCUT2D eigenvalue weighted by molar-refractivity contribution is 0.00824. The van der Waals surface area contributed by atoms with E-state index >= 15 is 0 Å². The third-order valence-corrected chi connectivity index (χ3v) is 4.65. The number of ether oxygens (including phenoxy) is 1. The van der Waals surface area contributed by atoms with Gasteiger partial charge in [-0.3, -0.25) is 9.80 Å². The molecule has 5 nitrogen and oxygen atoms in total. The Kier molecular flexibility index (Phi) is 6.35. The first-order valence-electron chi connectivity index (χ1n) is 7.96. The molecule has 1 aliphatic rings. The minimum Gasteiger partial charge on any atom is -0.390 e. The standard InChI is InChI=1S/C16H29N3O2S/c1-16(2,3)14-12-22-15(17-14)11-18(4)9-13(20)10-19-5-7-21-8-6-19/h12-13,20H,5-11H2,1-4H3. The molecule has 1 fully saturated rings. The first-order chi connectivity index (χ1) is 10.3. The lowest BCUT2D eigenvalue weighted by Crippen LogP contribution is -2.43. The van der Waals surface area contributed by atoms with Crippen LogP contribution in [0.25, 0.3) is 0 Å². The van der Waals surface area contributed by atoms with Gasteiger partial charge in [-0.05, 0) is 7.05 Å². The maximum atomic E-state index is 10.2. The number of β-amino-alcohol motifs (C(OH)–C–C–N with tert-alkyl or cyclic N) is 1. The van der Waals surface area contributed by atoms with Crippen LogP contribution in [0.15, 0.2) is 5.38 Å². The molecule has 1 atom stereocenters. The van der Waals surface area contributed by atoms with Crippen molar-refractivity contribution < 1.29 is 9.84 Å². The number of hydrogen-bond acceptors (Lipinski definition) is 6. The van der Waals surface area contributed by atoms with Gasteiger partial charge in [0, 0.05) is 37.0 Å². The highest BCUT2D eigenvalue weighted by Crippen LogP contribution is 2.24. The van der Waals surface area contributed by atoms with Gasteiger partial charge in [-0.15, -0.1) is 11.3 Å². The van der Waals surface area contributed by atoms with Crippen LogP contribution in [0.2, 0.25) is 0 Å². The molecular formula is C16H29N3O2S. The van der Waals surface area contributed by atoms with E-state index in [0.29, 0.717) is 6.54 Å². The van der Waals surface area contributed by atoms with Gasteiger partial charge in [0.05, 0.1) is 31.6 Å². The average molecular weight is 327 g/mol. The number of rotatable bonds is 6.